The standard InChI is InChI=1S/C13H16N2O4/c1-3-14-11(16)8(2)15-12(17)9-6-4-5-7-10(9)13(18)19/h4-8H,3H2,1-2H3,(H,14,16)(H,15,17)(H,18,19). The van der Waals surface area contributed by atoms with Gasteiger partial charge in [0.25, 0.3) is 5.91 Å². The fourth-order valence-corrected chi connectivity index (χ4v) is 1.53. The predicted octanol–water partition coefficient (Wildman–Crippen LogP) is 0.639. The van der Waals surface area contributed by atoms with E-state index in [0.717, 1.165) is 0 Å². The maximum absolute atomic E-state index is 11.9. The van der Waals surface area contributed by atoms with Crippen LogP contribution in [-0.2, 0) is 4.79 Å². The lowest BCUT2D eigenvalue weighted by atomic mass is 10.1. The lowest BCUT2D eigenvalue weighted by Crippen LogP contribution is -2.45. The number of benzene rings is 1. The van der Waals surface area contributed by atoms with Crippen LogP contribution in [0.5, 0.6) is 0 Å². The fraction of sp³-hybridized carbons (Fsp3) is 0.308. The van der Waals surface area contributed by atoms with Crippen LogP contribution in [0.4, 0.5) is 0 Å². The van der Waals surface area contributed by atoms with E-state index in [1.807, 2.05) is 0 Å². The van der Waals surface area contributed by atoms with Crippen molar-refractivity contribution in [3.8, 4) is 0 Å². The van der Waals surface area contributed by atoms with Crippen LogP contribution >= 0.6 is 0 Å². The molecule has 0 aliphatic heterocycles. The maximum atomic E-state index is 11.9. The first-order valence-electron chi connectivity index (χ1n) is 5.88. The van der Waals surface area contributed by atoms with Crippen LogP contribution in [0.25, 0.3) is 0 Å². The summed E-state index contributed by atoms with van der Waals surface area (Å²) in [5.41, 5.74) is -0.0609. The molecule has 0 fully saturated rings. The Labute approximate surface area is 110 Å². The van der Waals surface area contributed by atoms with E-state index in [0.29, 0.717) is 6.54 Å². The third-order valence-electron chi connectivity index (χ3n) is 2.49. The highest BCUT2D eigenvalue weighted by atomic mass is 16.4. The summed E-state index contributed by atoms with van der Waals surface area (Å²) in [5.74, 6) is -2.09. The van der Waals surface area contributed by atoms with Crippen molar-refractivity contribution in [1.82, 2.24) is 10.6 Å². The molecule has 6 nitrogen and oxygen atoms in total. The third kappa shape index (κ3) is 3.80. The Kier molecular flexibility index (Phi) is 5.05. The van der Waals surface area contributed by atoms with Gasteiger partial charge in [-0.05, 0) is 26.0 Å². The molecule has 0 spiro atoms. The van der Waals surface area contributed by atoms with Gasteiger partial charge in [-0.2, -0.15) is 0 Å². The van der Waals surface area contributed by atoms with E-state index in [9.17, 15) is 14.4 Å². The molecule has 0 aliphatic carbocycles. The molecule has 6 heteroatoms. The SMILES string of the molecule is CCNC(=O)C(C)NC(=O)c1ccccc1C(=O)O. The van der Waals surface area contributed by atoms with E-state index in [2.05, 4.69) is 10.6 Å². The van der Waals surface area contributed by atoms with Gasteiger partial charge in [0.2, 0.25) is 5.91 Å². The van der Waals surface area contributed by atoms with E-state index in [1.54, 1.807) is 13.0 Å². The molecule has 0 aliphatic rings. The molecule has 0 radical (unpaired) electrons. The molecular weight excluding hydrogens is 248 g/mol. The summed E-state index contributed by atoms with van der Waals surface area (Å²) < 4.78 is 0. The average Bonchev–Trinajstić information content (AvgIpc) is 2.38. The first-order chi connectivity index (χ1) is 8.97. The molecule has 1 rings (SSSR count). The van der Waals surface area contributed by atoms with Crippen LogP contribution in [0.3, 0.4) is 0 Å². The summed E-state index contributed by atoms with van der Waals surface area (Å²) in [5, 5.41) is 14.0. The number of amides is 2. The minimum Gasteiger partial charge on any atom is -0.478 e. The molecule has 1 aromatic carbocycles. The van der Waals surface area contributed by atoms with Gasteiger partial charge in [0.05, 0.1) is 11.1 Å². The summed E-state index contributed by atoms with van der Waals surface area (Å²) in [6.07, 6.45) is 0. The second-order valence-electron chi connectivity index (χ2n) is 3.94. The third-order valence-corrected chi connectivity index (χ3v) is 2.49. The second-order valence-corrected chi connectivity index (χ2v) is 3.94. The molecule has 19 heavy (non-hydrogen) atoms. The van der Waals surface area contributed by atoms with E-state index < -0.39 is 17.9 Å². The van der Waals surface area contributed by atoms with E-state index >= 15 is 0 Å². The number of rotatable bonds is 5. The Balaban J connectivity index is 2.84. The van der Waals surface area contributed by atoms with Crippen LogP contribution in [0, 0.1) is 0 Å². The molecule has 0 heterocycles. The number of carbonyl (C=O) groups is 3. The van der Waals surface area contributed by atoms with Gasteiger partial charge in [0.1, 0.15) is 6.04 Å². The molecule has 2 amide bonds. The molecule has 102 valence electrons. The molecule has 1 atom stereocenters. The highest BCUT2D eigenvalue weighted by Crippen LogP contribution is 2.08. The number of carbonyl (C=O) groups excluding carboxylic acids is 2. The minimum absolute atomic E-state index is 0.0335. The van der Waals surface area contributed by atoms with Gasteiger partial charge in [-0.25, -0.2) is 4.79 Å². The Hall–Kier alpha value is -2.37. The largest absolute Gasteiger partial charge is 0.478 e. The Bertz CT molecular complexity index is 499. The minimum atomic E-state index is -1.18. The van der Waals surface area contributed by atoms with Crippen molar-refractivity contribution < 1.29 is 19.5 Å². The van der Waals surface area contributed by atoms with E-state index in [-0.39, 0.29) is 17.0 Å². The zero-order chi connectivity index (χ0) is 14.4. The first-order valence-corrected chi connectivity index (χ1v) is 5.88. The van der Waals surface area contributed by atoms with Crippen molar-refractivity contribution in [2.24, 2.45) is 0 Å². The molecular formula is C13H16N2O4. The van der Waals surface area contributed by atoms with Gasteiger partial charge in [-0.3, -0.25) is 9.59 Å². The van der Waals surface area contributed by atoms with Gasteiger partial charge in [0.15, 0.2) is 0 Å². The van der Waals surface area contributed by atoms with E-state index in [4.69, 9.17) is 5.11 Å². The summed E-state index contributed by atoms with van der Waals surface area (Å²) in [4.78, 5) is 34.4. The van der Waals surface area contributed by atoms with Crippen LogP contribution in [-0.4, -0.2) is 35.5 Å². The molecule has 0 bridgehead atoms. The zero-order valence-electron chi connectivity index (χ0n) is 10.8. The zero-order valence-corrected chi connectivity index (χ0v) is 10.8. The molecule has 0 aromatic heterocycles. The van der Waals surface area contributed by atoms with Gasteiger partial charge in [-0.1, -0.05) is 12.1 Å². The van der Waals surface area contributed by atoms with Crippen LogP contribution in [0.15, 0.2) is 24.3 Å². The number of carboxylic acid groups (broad SMARTS) is 1. The van der Waals surface area contributed by atoms with Crippen molar-refractivity contribution in [2.45, 2.75) is 19.9 Å². The van der Waals surface area contributed by atoms with Crippen molar-refractivity contribution in [3.05, 3.63) is 35.4 Å². The van der Waals surface area contributed by atoms with Gasteiger partial charge >= 0.3 is 5.97 Å². The molecule has 1 aromatic rings. The summed E-state index contributed by atoms with van der Waals surface area (Å²) in [6, 6.07) is 5.12. The maximum Gasteiger partial charge on any atom is 0.336 e. The monoisotopic (exact) mass is 264 g/mol. The normalized spacial score (nSPS) is 11.5. The number of likely N-dealkylation sites (N-methyl/N-ethyl adjacent to an activating group) is 1. The highest BCUT2D eigenvalue weighted by Gasteiger charge is 2.19. The lowest BCUT2D eigenvalue weighted by Gasteiger charge is -2.14. The fourth-order valence-electron chi connectivity index (χ4n) is 1.53. The van der Waals surface area contributed by atoms with Crippen LogP contribution in [0.2, 0.25) is 0 Å². The number of hydrogen-bond donors (Lipinski definition) is 3. The van der Waals surface area contributed by atoms with Crippen LogP contribution < -0.4 is 10.6 Å². The lowest BCUT2D eigenvalue weighted by molar-refractivity contribution is -0.122. The highest BCUT2D eigenvalue weighted by molar-refractivity contribution is 6.05. The Morgan fingerprint density at radius 3 is 2.32 bits per heavy atom. The second kappa shape index (κ2) is 6.53. The molecule has 0 saturated heterocycles. The van der Waals surface area contributed by atoms with Crippen molar-refractivity contribution in [2.75, 3.05) is 6.54 Å². The van der Waals surface area contributed by atoms with Crippen molar-refractivity contribution in [1.29, 1.82) is 0 Å². The summed E-state index contributed by atoms with van der Waals surface area (Å²) >= 11 is 0. The number of nitrogens with one attached hydrogen (secondary N) is 2. The van der Waals surface area contributed by atoms with Gasteiger partial charge in [0, 0.05) is 6.54 Å². The quantitative estimate of drug-likeness (QED) is 0.727. The van der Waals surface area contributed by atoms with Crippen LogP contribution in [0.1, 0.15) is 34.6 Å². The Morgan fingerprint density at radius 1 is 1.21 bits per heavy atom. The first kappa shape index (κ1) is 14.7. The topological polar surface area (TPSA) is 95.5 Å². The number of aromatic carboxylic acids is 1. The smallest absolute Gasteiger partial charge is 0.336 e. The molecule has 0 saturated carbocycles. The van der Waals surface area contributed by atoms with Gasteiger partial charge in [-0.15, -0.1) is 0 Å². The summed E-state index contributed by atoms with van der Waals surface area (Å²) in [6.45, 7) is 3.77. The number of hydrogen-bond acceptors (Lipinski definition) is 3. The Morgan fingerprint density at radius 2 is 1.79 bits per heavy atom. The van der Waals surface area contributed by atoms with Crippen molar-refractivity contribution >= 4 is 17.8 Å². The summed E-state index contributed by atoms with van der Waals surface area (Å²) in [7, 11) is 0. The predicted molar refractivity (Wildman–Crippen MR) is 69.0 cm³/mol. The van der Waals surface area contributed by atoms with Gasteiger partial charge < -0.3 is 15.7 Å². The molecule has 3 N–H and O–H groups in total. The van der Waals surface area contributed by atoms with E-state index in [1.165, 1.54) is 25.1 Å². The van der Waals surface area contributed by atoms with Crippen molar-refractivity contribution in [3.63, 3.8) is 0 Å². The number of carboxylic acids is 1. The molecule has 1 unspecified atom stereocenters. The average molecular weight is 264 g/mol.